The summed E-state index contributed by atoms with van der Waals surface area (Å²) in [6.45, 7) is 6.10. The Balaban J connectivity index is 1.93. The maximum Gasteiger partial charge on any atom is 0.322 e. The van der Waals surface area contributed by atoms with Crippen molar-refractivity contribution in [1.29, 1.82) is 0 Å². The molecule has 1 aromatic carbocycles. The van der Waals surface area contributed by atoms with Crippen molar-refractivity contribution >= 4 is 21.8 Å². The van der Waals surface area contributed by atoms with Gasteiger partial charge in [-0.05, 0) is 47.2 Å². The second kappa shape index (κ2) is 10.1. The molecule has 0 aliphatic rings. The predicted molar refractivity (Wildman–Crippen MR) is 127 cm³/mol. The summed E-state index contributed by atoms with van der Waals surface area (Å²) in [7, 11) is -3.86. The number of pyridine rings is 2. The van der Waals surface area contributed by atoms with E-state index in [9.17, 15) is 13.2 Å². The van der Waals surface area contributed by atoms with E-state index in [1.165, 1.54) is 24.0 Å². The molecule has 3 N–H and O–H groups in total. The number of hydrogen-bond donors (Lipinski definition) is 3. The highest BCUT2D eigenvalue weighted by Crippen LogP contribution is 2.25. The number of carboxylic acid groups (broad SMARTS) is 1. The molecule has 2 aromatic heterocycles. The minimum atomic E-state index is -3.86. The Hall–Kier alpha value is -3.30. The van der Waals surface area contributed by atoms with Crippen LogP contribution in [0.2, 0.25) is 0 Å². The summed E-state index contributed by atoms with van der Waals surface area (Å²) in [5.41, 5.74) is 2.59. The van der Waals surface area contributed by atoms with Gasteiger partial charge in [-0.3, -0.25) is 9.78 Å². The van der Waals surface area contributed by atoms with Crippen LogP contribution in [-0.2, 0) is 26.7 Å². The van der Waals surface area contributed by atoms with Crippen molar-refractivity contribution in [3.63, 3.8) is 0 Å². The van der Waals surface area contributed by atoms with E-state index < -0.39 is 22.0 Å². The third kappa shape index (κ3) is 6.84. The Labute approximate surface area is 194 Å². The molecule has 0 amide bonds. The monoisotopic (exact) mass is 468 g/mol. The Morgan fingerprint density at radius 2 is 1.79 bits per heavy atom. The molecule has 0 saturated carbocycles. The van der Waals surface area contributed by atoms with Crippen molar-refractivity contribution in [3.05, 3.63) is 83.8 Å². The molecule has 0 radical (unpaired) electrons. The zero-order valence-electron chi connectivity index (χ0n) is 18.8. The normalized spacial score (nSPS) is 12.8. The fourth-order valence-corrected chi connectivity index (χ4v) is 4.43. The molecular formula is C24H28N4O4S. The minimum absolute atomic E-state index is 0.00548. The number of aromatic nitrogens is 2. The first kappa shape index (κ1) is 24.3. The van der Waals surface area contributed by atoms with E-state index in [1.807, 2.05) is 24.3 Å². The molecule has 1 atom stereocenters. The van der Waals surface area contributed by atoms with Crippen molar-refractivity contribution in [1.82, 2.24) is 14.7 Å². The molecule has 3 aromatic rings. The molecule has 1 unspecified atom stereocenters. The van der Waals surface area contributed by atoms with E-state index >= 15 is 0 Å². The van der Waals surface area contributed by atoms with Gasteiger partial charge in [0.25, 0.3) is 0 Å². The Morgan fingerprint density at radius 3 is 2.39 bits per heavy atom. The van der Waals surface area contributed by atoms with Gasteiger partial charge >= 0.3 is 5.97 Å². The van der Waals surface area contributed by atoms with Gasteiger partial charge in [-0.2, -0.15) is 0 Å². The first-order chi connectivity index (χ1) is 15.5. The summed E-state index contributed by atoms with van der Waals surface area (Å²) in [6, 6.07) is 15.5. The standard InChI is InChI=1S/C24H28N4O4S/c1-24(2,3)18-11-9-17(10-12-18)14-21(28-33(31,32)19-6-5-13-25-15-19)20-7-4-8-22(27-20)26-16-23(29)30/h4-13,15,21,28H,14,16H2,1-3H3,(H,26,27)(H,29,30). The second-order valence-electron chi connectivity index (χ2n) is 8.71. The molecule has 33 heavy (non-hydrogen) atoms. The van der Waals surface area contributed by atoms with Crippen LogP contribution in [0.25, 0.3) is 0 Å². The first-order valence-corrected chi connectivity index (χ1v) is 12.0. The molecule has 0 bridgehead atoms. The molecule has 9 heteroatoms. The summed E-state index contributed by atoms with van der Waals surface area (Å²) in [5.74, 6) is -0.668. The predicted octanol–water partition coefficient (Wildman–Crippen LogP) is 3.53. The van der Waals surface area contributed by atoms with Gasteiger partial charge in [0.05, 0.1) is 11.7 Å². The summed E-state index contributed by atoms with van der Waals surface area (Å²) in [4.78, 5) is 19.3. The van der Waals surface area contributed by atoms with Gasteiger partial charge in [0.15, 0.2) is 0 Å². The van der Waals surface area contributed by atoms with Crippen LogP contribution in [0, 0.1) is 0 Å². The van der Waals surface area contributed by atoms with E-state index in [-0.39, 0.29) is 16.9 Å². The highest BCUT2D eigenvalue weighted by atomic mass is 32.2. The van der Waals surface area contributed by atoms with E-state index in [4.69, 9.17) is 5.11 Å². The molecule has 8 nitrogen and oxygen atoms in total. The highest BCUT2D eigenvalue weighted by Gasteiger charge is 2.24. The van der Waals surface area contributed by atoms with Crippen molar-refractivity contribution < 1.29 is 18.3 Å². The maximum atomic E-state index is 13.0. The number of nitrogens with zero attached hydrogens (tertiary/aromatic N) is 2. The molecule has 0 aliphatic carbocycles. The molecule has 0 spiro atoms. The molecule has 0 fully saturated rings. The van der Waals surface area contributed by atoms with E-state index in [0.29, 0.717) is 17.9 Å². The number of benzene rings is 1. The van der Waals surface area contributed by atoms with Crippen LogP contribution in [0.1, 0.15) is 43.6 Å². The van der Waals surface area contributed by atoms with Crippen LogP contribution in [0.5, 0.6) is 0 Å². The number of nitrogens with one attached hydrogen (secondary N) is 2. The van der Waals surface area contributed by atoms with Crippen LogP contribution in [-0.4, -0.2) is 36.0 Å². The van der Waals surface area contributed by atoms with Crippen LogP contribution in [0.4, 0.5) is 5.82 Å². The lowest BCUT2D eigenvalue weighted by Gasteiger charge is -2.21. The van der Waals surface area contributed by atoms with Gasteiger partial charge in [0.1, 0.15) is 17.3 Å². The fourth-order valence-electron chi connectivity index (χ4n) is 3.25. The zero-order chi connectivity index (χ0) is 24.1. The lowest BCUT2D eigenvalue weighted by Crippen LogP contribution is -2.31. The highest BCUT2D eigenvalue weighted by molar-refractivity contribution is 7.89. The summed E-state index contributed by atoms with van der Waals surface area (Å²) in [6.07, 6.45) is 3.15. The van der Waals surface area contributed by atoms with E-state index in [2.05, 4.69) is 40.8 Å². The SMILES string of the molecule is CC(C)(C)c1ccc(CC(NS(=O)(=O)c2cccnc2)c2cccc(NCC(=O)O)n2)cc1. The van der Waals surface area contributed by atoms with E-state index in [1.54, 1.807) is 24.3 Å². The lowest BCUT2D eigenvalue weighted by atomic mass is 9.86. The summed E-state index contributed by atoms with van der Waals surface area (Å²) >= 11 is 0. The average Bonchev–Trinajstić information content (AvgIpc) is 2.78. The number of rotatable bonds is 9. The molecule has 2 heterocycles. The van der Waals surface area contributed by atoms with Gasteiger partial charge in [-0.25, -0.2) is 18.1 Å². The smallest absolute Gasteiger partial charge is 0.322 e. The van der Waals surface area contributed by atoms with Crippen molar-refractivity contribution in [3.8, 4) is 0 Å². The number of carbonyl (C=O) groups is 1. The number of hydrogen-bond acceptors (Lipinski definition) is 6. The number of anilines is 1. The Morgan fingerprint density at radius 1 is 1.06 bits per heavy atom. The van der Waals surface area contributed by atoms with Crippen LogP contribution in [0.3, 0.4) is 0 Å². The number of aliphatic carboxylic acids is 1. The maximum absolute atomic E-state index is 13.0. The third-order valence-corrected chi connectivity index (χ3v) is 6.51. The van der Waals surface area contributed by atoms with Crippen molar-refractivity contribution in [2.24, 2.45) is 0 Å². The van der Waals surface area contributed by atoms with Crippen LogP contribution < -0.4 is 10.0 Å². The zero-order valence-corrected chi connectivity index (χ0v) is 19.6. The van der Waals surface area contributed by atoms with Gasteiger partial charge < -0.3 is 10.4 Å². The summed E-state index contributed by atoms with van der Waals surface area (Å²) in [5, 5.41) is 11.6. The first-order valence-electron chi connectivity index (χ1n) is 10.5. The number of carboxylic acids is 1. The van der Waals surface area contributed by atoms with Gasteiger partial charge in [0, 0.05) is 12.4 Å². The van der Waals surface area contributed by atoms with Gasteiger partial charge in [-0.1, -0.05) is 51.1 Å². The molecule has 0 aliphatic heterocycles. The fraction of sp³-hybridized carbons (Fsp3) is 0.292. The summed E-state index contributed by atoms with van der Waals surface area (Å²) < 4.78 is 28.8. The topological polar surface area (TPSA) is 121 Å². The van der Waals surface area contributed by atoms with Crippen LogP contribution >= 0.6 is 0 Å². The quantitative estimate of drug-likeness (QED) is 0.439. The molecular weight excluding hydrogens is 440 g/mol. The molecule has 174 valence electrons. The largest absolute Gasteiger partial charge is 0.480 e. The number of sulfonamides is 1. The van der Waals surface area contributed by atoms with Gasteiger partial charge in [-0.15, -0.1) is 0 Å². The Kier molecular flexibility index (Phi) is 7.45. The lowest BCUT2D eigenvalue weighted by molar-refractivity contribution is -0.134. The molecule has 0 saturated heterocycles. The Bertz CT molecular complexity index is 1190. The van der Waals surface area contributed by atoms with Crippen LogP contribution in [0.15, 0.2) is 71.9 Å². The minimum Gasteiger partial charge on any atom is -0.480 e. The second-order valence-corrected chi connectivity index (χ2v) is 10.4. The van der Waals surface area contributed by atoms with Crippen molar-refractivity contribution in [2.75, 3.05) is 11.9 Å². The van der Waals surface area contributed by atoms with E-state index in [0.717, 1.165) is 5.56 Å². The van der Waals surface area contributed by atoms with Crippen molar-refractivity contribution in [2.45, 2.75) is 43.5 Å². The average molecular weight is 469 g/mol. The van der Waals surface area contributed by atoms with Gasteiger partial charge in [0.2, 0.25) is 10.0 Å². The molecule has 3 rings (SSSR count). The third-order valence-electron chi connectivity index (χ3n) is 5.05.